The molecule has 0 aliphatic rings. The van der Waals surface area contributed by atoms with E-state index in [-0.39, 0.29) is 24.2 Å². The van der Waals surface area contributed by atoms with Crippen LogP contribution in [0.25, 0.3) is 0 Å². The third-order valence-electron chi connectivity index (χ3n) is 6.24. The monoisotopic (exact) mass is 573 g/mol. The van der Waals surface area contributed by atoms with E-state index in [2.05, 4.69) is 5.32 Å². The lowest BCUT2D eigenvalue weighted by Crippen LogP contribution is -2.53. The van der Waals surface area contributed by atoms with E-state index >= 15 is 0 Å². The molecule has 1 atom stereocenters. The molecule has 1 N–H and O–H groups in total. The molecule has 3 aromatic carbocycles. The number of carbonyl (C=O) groups excluding carboxylic acids is 2. The van der Waals surface area contributed by atoms with E-state index < -0.39 is 40.2 Å². The summed E-state index contributed by atoms with van der Waals surface area (Å²) in [6.07, 6.45) is 1.83. The summed E-state index contributed by atoms with van der Waals surface area (Å²) in [7, 11) is -3.92. The third-order valence-corrected chi connectivity index (χ3v) is 7.79. The van der Waals surface area contributed by atoms with Crippen LogP contribution in [0.4, 0.5) is 10.1 Å². The number of hydrogen-bond donors (Lipinski definition) is 1. The minimum Gasteiger partial charge on any atom is -0.354 e. The molecule has 2 amide bonds. The Morgan fingerprint density at radius 1 is 1.03 bits per heavy atom. The maximum atomic E-state index is 14.7. The lowest BCUT2D eigenvalue weighted by atomic mass is 10.0. The molecule has 0 spiro atoms. The topological polar surface area (TPSA) is 86.8 Å². The first-order valence-electron chi connectivity index (χ1n) is 12.6. The Kier molecular flexibility index (Phi) is 10.5. The minimum atomic E-state index is -3.92. The smallest absolute Gasteiger partial charge is 0.244 e. The summed E-state index contributed by atoms with van der Waals surface area (Å²) in [5, 5.41) is 3.19. The molecule has 0 saturated carbocycles. The highest BCUT2D eigenvalue weighted by Crippen LogP contribution is 2.26. The lowest BCUT2D eigenvalue weighted by Gasteiger charge is -2.33. The minimum absolute atomic E-state index is 0.159. The quantitative estimate of drug-likeness (QED) is 0.340. The molecule has 208 valence electrons. The van der Waals surface area contributed by atoms with Crippen molar-refractivity contribution >= 4 is 39.1 Å². The fraction of sp³-hybridized carbons (Fsp3) is 0.310. The van der Waals surface area contributed by atoms with Gasteiger partial charge in [0.25, 0.3) is 0 Å². The van der Waals surface area contributed by atoms with Crippen molar-refractivity contribution in [2.24, 2.45) is 0 Å². The number of sulfonamides is 1. The molecule has 3 aromatic rings. The molecule has 7 nitrogen and oxygen atoms in total. The lowest BCUT2D eigenvalue weighted by molar-refractivity contribution is -0.140. The second-order valence-corrected chi connectivity index (χ2v) is 11.6. The summed E-state index contributed by atoms with van der Waals surface area (Å²) in [5.41, 5.74) is 1.96. The zero-order valence-electron chi connectivity index (χ0n) is 22.2. The third kappa shape index (κ3) is 8.28. The molecule has 0 bridgehead atoms. The molecule has 0 unspecified atom stereocenters. The van der Waals surface area contributed by atoms with Gasteiger partial charge >= 0.3 is 0 Å². The molecule has 3 rings (SSSR count). The van der Waals surface area contributed by atoms with Crippen LogP contribution in [0, 0.1) is 12.7 Å². The van der Waals surface area contributed by atoms with Gasteiger partial charge < -0.3 is 10.2 Å². The summed E-state index contributed by atoms with van der Waals surface area (Å²) < 4.78 is 41.3. The molecule has 0 aliphatic carbocycles. The number of hydrogen-bond acceptors (Lipinski definition) is 4. The molecule has 10 heteroatoms. The molecule has 0 radical (unpaired) electrons. The molecule has 0 saturated heterocycles. The summed E-state index contributed by atoms with van der Waals surface area (Å²) in [6, 6.07) is 18.8. The van der Waals surface area contributed by atoms with Crippen molar-refractivity contribution in [2.45, 2.75) is 39.3 Å². The van der Waals surface area contributed by atoms with Crippen LogP contribution in [-0.2, 0) is 32.6 Å². The van der Waals surface area contributed by atoms with Gasteiger partial charge in [-0.05, 0) is 42.7 Å². The molecule has 39 heavy (non-hydrogen) atoms. The standard InChI is InChI=1S/C29H33ClFN3O4S/c1-4-16-32-29(36)27(17-22-10-6-5-7-11-22)33(19-23-12-8-9-13-26(23)31)28(35)20-34(39(3,37)38)24-15-14-21(2)25(30)18-24/h5-15,18,27H,4,16-17,19-20H2,1-3H3,(H,32,36)/t27-/m0/s1. The van der Waals surface area contributed by atoms with Gasteiger partial charge in [0.05, 0.1) is 11.9 Å². The Hall–Kier alpha value is -3.43. The van der Waals surface area contributed by atoms with Gasteiger partial charge in [0, 0.05) is 30.1 Å². The predicted octanol–water partition coefficient (Wildman–Crippen LogP) is 4.72. The fourth-order valence-corrected chi connectivity index (χ4v) is 5.10. The van der Waals surface area contributed by atoms with E-state index in [9.17, 15) is 22.4 Å². The van der Waals surface area contributed by atoms with Crippen LogP contribution in [0.1, 0.15) is 30.0 Å². The maximum absolute atomic E-state index is 14.7. The van der Waals surface area contributed by atoms with Crippen molar-refractivity contribution < 1.29 is 22.4 Å². The zero-order valence-corrected chi connectivity index (χ0v) is 23.8. The molecule has 0 fully saturated rings. The highest BCUT2D eigenvalue weighted by molar-refractivity contribution is 7.92. The van der Waals surface area contributed by atoms with Gasteiger partial charge in [-0.2, -0.15) is 0 Å². The second-order valence-electron chi connectivity index (χ2n) is 9.31. The number of halogens is 2. The normalized spacial score (nSPS) is 12.0. The largest absolute Gasteiger partial charge is 0.354 e. The maximum Gasteiger partial charge on any atom is 0.244 e. The molecule has 0 aromatic heterocycles. The van der Waals surface area contributed by atoms with Crippen LogP contribution in [0.5, 0.6) is 0 Å². The Balaban J connectivity index is 2.06. The number of benzene rings is 3. The van der Waals surface area contributed by atoms with Crippen molar-refractivity contribution in [3.8, 4) is 0 Å². The van der Waals surface area contributed by atoms with Crippen molar-refractivity contribution in [1.29, 1.82) is 0 Å². The Bertz CT molecular complexity index is 1400. The first-order chi connectivity index (χ1) is 18.5. The number of nitrogens with one attached hydrogen (secondary N) is 1. The highest BCUT2D eigenvalue weighted by atomic mass is 35.5. The van der Waals surface area contributed by atoms with Crippen LogP contribution in [0.3, 0.4) is 0 Å². The van der Waals surface area contributed by atoms with Gasteiger partial charge in [0.1, 0.15) is 18.4 Å². The van der Waals surface area contributed by atoms with Crippen LogP contribution in [0.2, 0.25) is 5.02 Å². The molecule has 0 aliphatic heterocycles. The van der Waals surface area contributed by atoms with Crippen LogP contribution in [-0.4, -0.2) is 50.5 Å². The number of anilines is 1. The van der Waals surface area contributed by atoms with Crippen LogP contribution in [0.15, 0.2) is 72.8 Å². The van der Waals surface area contributed by atoms with Gasteiger partial charge in [0.2, 0.25) is 21.8 Å². The molecular formula is C29H33ClFN3O4S. The average Bonchev–Trinajstić information content (AvgIpc) is 2.90. The van der Waals surface area contributed by atoms with E-state index in [1.54, 1.807) is 25.1 Å². The number of nitrogens with zero attached hydrogens (tertiary/aromatic N) is 2. The van der Waals surface area contributed by atoms with E-state index in [1.807, 2.05) is 37.3 Å². The summed E-state index contributed by atoms with van der Waals surface area (Å²) in [5.74, 6) is -1.60. The molecule has 0 heterocycles. The first-order valence-corrected chi connectivity index (χ1v) is 14.8. The number of carbonyl (C=O) groups is 2. The van der Waals surface area contributed by atoms with Crippen molar-refractivity contribution in [3.63, 3.8) is 0 Å². The van der Waals surface area contributed by atoms with E-state index in [1.165, 1.54) is 29.2 Å². The summed E-state index contributed by atoms with van der Waals surface area (Å²) >= 11 is 6.25. The van der Waals surface area contributed by atoms with E-state index in [4.69, 9.17) is 11.6 Å². The van der Waals surface area contributed by atoms with Crippen molar-refractivity contribution in [1.82, 2.24) is 10.2 Å². The fourth-order valence-electron chi connectivity index (χ4n) is 4.08. The Labute approximate surface area is 234 Å². The van der Waals surface area contributed by atoms with Crippen LogP contribution < -0.4 is 9.62 Å². The highest BCUT2D eigenvalue weighted by Gasteiger charge is 2.33. The zero-order chi connectivity index (χ0) is 28.6. The Morgan fingerprint density at radius 2 is 1.69 bits per heavy atom. The SMILES string of the molecule is CCCNC(=O)[C@H](Cc1ccccc1)N(Cc1ccccc1F)C(=O)CN(c1ccc(C)c(Cl)c1)S(C)(=O)=O. The number of rotatable bonds is 12. The number of amides is 2. The van der Waals surface area contributed by atoms with Crippen molar-refractivity contribution in [3.05, 3.63) is 100 Å². The van der Waals surface area contributed by atoms with E-state index in [0.717, 1.165) is 21.7 Å². The van der Waals surface area contributed by atoms with Crippen molar-refractivity contribution in [2.75, 3.05) is 23.7 Å². The predicted molar refractivity (Wildman–Crippen MR) is 153 cm³/mol. The van der Waals surface area contributed by atoms with Gasteiger partial charge in [-0.15, -0.1) is 0 Å². The molecular weight excluding hydrogens is 541 g/mol. The second kappa shape index (κ2) is 13.6. The first kappa shape index (κ1) is 30.1. The van der Waals surface area contributed by atoms with Crippen LogP contribution >= 0.6 is 11.6 Å². The van der Waals surface area contributed by atoms with Gasteiger partial charge in [0.15, 0.2) is 0 Å². The van der Waals surface area contributed by atoms with Gasteiger partial charge in [-0.3, -0.25) is 13.9 Å². The number of aryl methyl sites for hydroxylation is 1. The Morgan fingerprint density at radius 3 is 2.31 bits per heavy atom. The summed E-state index contributed by atoms with van der Waals surface area (Å²) in [4.78, 5) is 28.6. The summed E-state index contributed by atoms with van der Waals surface area (Å²) in [6.45, 7) is 3.25. The van der Waals surface area contributed by atoms with E-state index in [0.29, 0.717) is 18.0 Å². The van der Waals surface area contributed by atoms with Gasteiger partial charge in [-0.1, -0.05) is 73.1 Å². The van der Waals surface area contributed by atoms with Gasteiger partial charge in [-0.25, -0.2) is 12.8 Å². The average molecular weight is 574 g/mol.